The second-order valence-electron chi connectivity index (χ2n) is 8.93. The third-order valence-corrected chi connectivity index (χ3v) is 6.87. The van der Waals surface area contributed by atoms with Crippen molar-refractivity contribution in [2.24, 2.45) is 17.3 Å². The number of alkyl halides is 2. The summed E-state index contributed by atoms with van der Waals surface area (Å²) in [6.45, 7) is 2.24. The molecule has 2 rings (SSSR count). The molecule has 1 N–H and O–H groups in total. The highest BCUT2D eigenvalue weighted by atomic mass is 19.3. The van der Waals surface area contributed by atoms with E-state index in [0.29, 0.717) is 24.7 Å². The molecule has 0 spiro atoms. The number of allylic oxidation sites excluding steroid dienone is 4. The molecule has 2 aliphatic rings. The molecule has 0 amide bonds. The molecule has 2 aliphatic carbocycles. The fourth-order valence-electron chi connectivity index (χ4n) is 4.92. The van der Waals surface area contributed by atoms with Crippen LogP contribution in [-0.4, -0.2) is 17.5 Å². The SMILES string of the molecule is CCCCCCCCCC1=CCC([C@H]2CC[C@](CC(F)F)(C(=O)O)CC2)C=C1. The number of carboxylic acids is 1. The summed E-state index contributed by atoms with van der Waals surface area (Å²) in [6, 6.07) is 0. The van der Waals surface area contributed by atoms with Crippen molar-refractivity contribution in [3.63, 3.8) is 0 Å². The molecule has 0 aromatic rings. The van der Waals surface area contributed by atoms with Crippen molar-refractivity contribution in [2.75, 3.05) is 0 Å². The van der Waals surface area contributed by atoms with Crippen LogP contribution in [0.4, 0.5) is 8.78 Å². The first-order valence-electron chi connectivity index (χ1n) is 11.4. The van der Waals surface area contributed by atoms with Gasteiger partial charge in [-0.05, 0) is 56.8 Å². The maximum atomic E-state index is 12.8. The quantitative estimate of drug-likeness (QED) is 0.346. The number of carbonyl (C=O) groups is 1. The van der Waals surface area contributed by atoms with Crippen LogP contribution in [0.2, 0.25) is 0 Å². The number of hydrogen-bond acceptors (Lipinski definition) is 1. The van der Waals surface area contributed by atoms with E-state index in [1.807, 2.05) is 0 Å². The summed E-state index contributed by atoms with van der Waals surface area (Å²) >= 11 is 0. The summed E-state index contributed by atoms with van der Waals surface area (Å²) in [5.74, 6) is -0.170. The zero-order valence-electron chi connectivity index (χ0n) is 17.5. The minimum Gasteiger partial charge on any atom is -0.481 e. The standard InChI is InChI=1S/C24H38F2O2/c1-2-3-4-5-6-7-8-9-19-10-12-20(13-11-19)21-14-16-24(17-15-21,23(27)28)18-22(25)26/h10-12,20-22H,2-9,13-18H2,1H3,(H,27,28)/t20?,21-,24-. The molecule has 1 unspecified atom stereocenters. The fraction of sp³-hybridized carbons (Fsp3) is 0.792. The number of hydrogen-bond donors (Lipinski definition) is 1. The topological polar surface area (TPSA) is 37.3 Å². The van der Waals surface area contributed by atoms with Crippen molar-refractivity contribution in [3.8, 4) is 0 Å². The van der Waals surface area contributed by atoms with Gasteiger partial charge in [-0.3, -0.25) is 4.79 Å². The summed E-state index contributed by atoms with van der Waals surface area (Å²) in [7, 11) is 0. The van der Waals surface area contributed by atoms with E-state index in [9.17, 15) is 18.7 Å². The lowest BCUT2D eigenvalue weighted by Gasteiger charge is -2.39. The van der Waals surface area contributed by atoms with Crippen molar-refractivity contribution in [1.29, 1.82) is 0 Å². The molecule has 0 saturated heterocycles. The van der Waals surface area contributed by atoms with Gasteiger partial charge in [0.05, 0.1) is 5.41 Å². The summed E-state index contributed by atoms with van der Waals surface area (Å²) in [5.41, 5.74) is 0.222. The van der Waals surface area contributed by atoms with Crippen molar-refractivity contribution in [2.45, 2.75) is 103 Å². The molecule has 1 saturated carbocycles. The van der Waals surface area contributed by atoms with E-state index in [0.717, 1.165) is 25.7 Å². The Hall–Kier alpha value is -1.19. The summed E-state index contributed by atoms with van der Waals surface area (Å²) in [4.78, 5) is 11.6. The van der Waals surface area contributed by atoms with Crippen LogP contribution in [0.5, 0.6) is 0 Å². The Morgan fingerprint density at radius 2 is 1.79 bits per heavy atom. The number of unbranched alkanes of at least 4 members (excludes halogenated alkanes) is 6. The molecule has 1 atom stereocenters. The Labute approximate surface area is 169 Å². The van der Waals surface area contributed by atoms with Crippen LogP contribution in [0.25, 0.3) is 0 Å². The van der Waals surface area contributed by atoms with E-state index in [1.54, 1.807) is 0 Å². The highest BCUT2D eigenvalue weighted by molar-refractivity contribution is 5.74. The smallest absolute Gasteiger partial charge is 0.309 e. The van der Waals surface area contributed by atoms with Crippen molar-refractivity contribution < 1.29 is 18.7 Å². The van der Waals surface area contributed by atoms with Crippen molar-refractivity contribution >= 4 is 5.97 Å². The second-order valence-corrected chi connectivity index (χ2v) is 8.93. The van der Waals surface area contributed by atoms with Gasteiger partial charge in [0.15, 0.2) is 0 Å². The monoisotopic (exact) mass is 396 g/mol. The summed E-state index contributed by atoms with van der Waals surface area (Å²) < 4.78 is 25.7. The van der Waals surface area contributed by atoms with Gasteiger partial charge in [0.2, 0.25) is 6.43 Å². The van der Waals surface area contributed by atoms with E-state index < -0.39 is 24.2 Å². The van der Waals surface area contributed by atoms with Gasteiger partial charge in [0, 0.05) is 6.42 Å². The lowest BCUT2D eigenvalue weighted by atomic mass is 9.65. The van der Waals surface area contributed by atoms with Crippen LogP contribution in [0.1, 0.15) is 96.8 Å². The first-order valence-corrected chi connectivity index (χ1v) is 11.4. The molecular weight excluding hydrogens is 358 g/mol. The predicted molar refractivity (Wildman–Crippen MR) is 111 cm³/mol. The lowest BCUT2D eigenvalue weighted by Crippen LogP contribution is -2.38. The molecule has 2 nitrogen and oxygen atoms in total. The van der Waals surface area contributed by atoms with Crippen LogP contribution >= 0.6 is 0 Å². The molecule has 0 heterocycles. The van der Waals surface area contributed by atoms with Gasteiger partial charge in [-0.25, -0.2) is 8.78 Å². The molecule has 0 radical (unpaired) electrons. The van der Waals surface area contributed by atoms with Gasteiger partial charge >= 0.3 is 5.97 Å². The van der Waals surface area contributed by atoms with E-state index in [1.165, 1.54) is 50.5 Å². The summed E-state index contributed by atoms with van der Waals surface area (Å²) in [6.07, 6.45) is 17.5. The van der Waals surface area contributed by atoms with Gasteiger partial charge in [-0.1, -0.05) is 69.2 Å². The van der Waals surface area contributed by atoms with Gasteiger partial charge in [-0.2, -0.15) is 0 Å². The molecule has 1 fully saturated rings. The molecule has 160 valence electrons. The third kappa shape index (κ3) is 7.00. The van der Waals surface area contributed by atoms with Crippen molar-refractivity contribution in [3.05, 3.63) is 23.8 Å². The maximum Gasteiger partial charge on any atom is 0.309 e. The normalized spacial score (nSPS) is 27.8. The Bertz CT molecular complexity index is 531. The van der Waals surface area contributed by atoms with Gasteiger partial charge < -0.3 is 5.11 Å². The number of rotatable bonds is 12. The van der Waals surface area contributed by atoms with Gasteiger partial charge in [0.25, 0.3) is 0 Å². The zero-order valence-corrected chi connectivity index (χ0v) is 17.5. The maximum absolute atomic E-state index is 12.8. The first-order chi connectivity index (χ1) is 13.5. The molecule has 28 heavy (non-hydrogen) atoms. The largest absolute Gasteiger partial charge is 0.481 e. The Kier molecular flexibility index (Phi) is 9.67. The first kappa shape index (κ1) is 23.1. The molecule has 0 aliphatic heterocycles. The fourth-order valence-corrected chi connectivity index (χ4v) is 4.92. The Morgan fingerprint density at radius 1 is 1.14 bits per heavy atom. The van der Waals surface area contributed by atoms with Crippen LogP contribution < -0.4 is 0 Å². The molecule has 0 aromatic heterocycles. The van der Waals surface area contributed by atoms with Crippen LogP contribution in [0, 0.1) is 17.3 Å². The third-order valence-electron chi connectivity index (χ3n) is 6.87. The number of aliphatic carboxylic acids is 1. The average molecular weight is 397 g/mol. The highest BCUT2D eigenvalue weighted by Crippen LogP contribution is 2.46. The number of carboxylic acid groups (broad SMARTS) is 1. The molecule has 0 aromatic carbocycles. The molecular formula is C24H38F2O2. The van der Waals surface area contributed by atoms with Crippen LogP contribution in [-0.2, 0) is 4.79 Å². The number of halogens is 2. The van der Waals surface area contributed by atoms with Crippen LogP contribution in [0.15, 0.2) is 23.8 Å². The van der Waals surface area contributed by atoms with E-state index >= 15 is 0 Å². The zero-order chi connectivity index (χ0) is 20.4. The van der Waals surface area contributed by atoms with E-state index in [4.69, 9.17) is 0 Å². The average Bonchev–Trinajstić information content (AvgIpc) is 2.68. The minimum atomic E-state index is -2.54. The van der Waals surface area contributed by atoms with E-state index in [2.05, 4.69) is 25.2 Å². The Morgan fingerprint density at radius 3 is 2.32 bits per heavy atom. The van der Waals surface area contributed by atoms with Crippen molar-refractivity contribution in [1.82, 2.24) is 0 Å². The van der Waals surface area contributed by atoms with Crippen LogP contribution in [0.3, 0.4) is 0 Å². The highest BCUT2D eigenvalue weighted by Gasteiger charge is 2.44. The minimum absolute atomic E-state index is 0.385. The van der Waals surface area contributed by atoms with Gasteiger partial charge in [-0.15, -0.1) is 0 Å². The predicted octanol–water partition coefficient (Wildman–Crippen LogP) is 7.55. The second kappa shape index (κ2) is 11.7. The van der Waals surface area contributed by atoms with E-state index in [-0.39, 0.29) is 0 Å². The van der Waals surface area contributed by atoms with Gasteiger partial charge in [0.1, 0.15) is 0 Å². The summed E-state index contributed by atoms with van der Waals surface area (Å²) in [5, 5.41) is 9.48. The molecule has 4 heteroatoms. The lowest BCUT2D eigenvalue weighted by molar-refractivity contribution is -0.155. The molecule has 0 bridgehead atoms. The Balaban J connectivity index is 1.69.